The fourth-order valence-electron chi connectivity index (χ4n) is 2.88. The molecule has 0 spiro atoms. The monoisotopic (exact) mass is 393 g/mol. The highest BCUT2D eigenvalue weighted by Gasteiger charge is 2.30. The number of rotatable bonds is 4. The first-order valence-electron chi connectivity index (χ1n) is 7.85. The maximum absolute atomic E-state index is 13.0. The molecule has 1 aliphatic heterocycles. The maximum atomic E-state index is 13.0. The van der Waals surface area contributed by atoms with E-state index in [4.69, 9.17) is 11.6 Å². The molecule has 0 saturated carbocycles. The van der Waals surface area contributed by atoms with Crippen molar-refractivity contribution >= 4 is 32.9 Å². The van der Waals surface area contributed by atoms with Gasteiger partial charge in [-0.05, 0) is 42.2 Å². The smallest absolute Gasteiger partial charge is 0.264 e. The topological polar surface area (TPSA) is 93.4 Å². The zero-order valence-corrected chi connectivity index (χ0v) is 15.5. The number of nitrogens with zero attached hydrogens (tertiary/aromatic N) is 3. The standard InChI is InChI=1S/C17H16ClN3O4S/c1-12-9-15(18)16(21(22)23)10-17(12)26(24,25)20-7-4-13(5-8-20)14-3-2-6-19-11-14/h2-4,6,9-11H,5,7-8H2,1H3. The van der Waals surface area contributed by atoms with Crippen molar-refractivity contribution in [3.63, 3.8) is 0 Å². The summed E-state index contributed by atoms with van der Waals surface area (Å²) in [6.45, 7) is 2.06. The van der Waals surface area contributed by atoms with E-state index in [-0.39, 0.29) is 16.5 Å². The Bertz CT molecular complexity index is 991. The van der Waals surface area contributed by atoms with Crippen LogP contribution in [0.5, 0.6) is 0 Å². The van der Waals surface area contributed by atoms with E-state index in [1.807, 2.05) is 18.2 Å². The zero-order chi connectivity index (χ0) is 18.9. The van der Waals surface area contributed by atoms with Gasteiger partial charge in [0.15, 0.2) is 0 Å². The van der Waals surface area contributed by atoms with Crippen LogP contribution in [0.25, 0.3) is 5.57 Å². The summed E-state index contributed by atoms with van der Waals surface area (Å²) in [4.78, 5) is 14.4. The second kappa shape index (κ2) is 7.14. The summed E-state index contributed by atoms with van der Waals surface area (Å²) in [6, 6.07) is 6.10. The summed E-state index contributed by atoms with van der Waals surface area (Å²) in [5.41, 5.74) is 1.95. The lowest BCUT2D eigenvalue weighted by atomic mass is 10.0. The Morgan fingerprint density at radius 1 is 1.35 bits per heavy atom. The second-order valence-electron chi connectivity index (χ2n) is 5.91. The molecule has 0 unspecified atom stereocenters. The molecule has 0 aliphatic carbocycles. The predicted octanol–water partition coefficient (Wildman–Crippen LogP) is 3.43. The van der Waals surface area contributed by atoms with Crippen molar-refractivity contribution in [3.8, 4) is 0 Å². The number of benzene rings is 1. The Morgan fingerprint density at radius 2 is 2.12 bits per heavy atom. The fraction of sp³-hybridized carbons (Fsp3) is 0.235. The number of nitro benzene ring substituents is 1. The maximum Gasteiger partial charge on any atom is 0.289 e. The summed E-state index contributed by atoms with van der Waals surface area (Å²) >= 11 is 5.85. The number of hydrogen-bond acceptors (Lipinski definition) is 5. The summed E-state index contributed by atoms with van der Waals surface area (Å²) in [5.74, 6) is 0. The lowest BCUT2D eigenvalue weighted by Crippen LogP contribution is -2.35. The molecule has 2 heterocycles. The van der Waals surface area contributed by atoms with Crippen LogP contribution in [0.15, 0.2) is 47.6 Å². The molecule has 0 bridgehead atoms. The Hall–Kier alpha value is -2.29. The molecule has 9 heteroatoms. The Morgan fingerprint density at radius 3 is 2.69 bits per heavy atom. The van der Waals surface area contributed by atoms with Crippen molar-refractivity contribution in [2.24, 2.45) is 0 Å². The van der Waals surface area contributed by atoms with Crippen LogP contribution in [0.4, 0.5) is 5.69 Å². The van der Waals surface area contributed by atoms with Gasteiger partial charge in [-0.1, -0.05) is 23.7 Å². The van der Waals surface area contributed by atoms with Crippen molar-refractivity contribution in [2.75, 3.05) is 13.1 Å². The highest BCUT2D eigenvalue weighted by atomic mass is 35.5. The van der Waals surface area contributed by atoms with Crippen molar-refractivity contribution in [1.29, 1.82) is 0 Å². The number of nitro groups is 1. The van der Waals surface area contributed by atoms with Crippen molar-refractivity contribution in [3.05, 3.63) is 69.0 Å². The molecule has 1 aliphatic rings. The van der Waals surface area contributed by atoms with Gasteiger partial charge in [-0.2, -0.15) is 4.31 Å². The Kier molecular flexibility index (Phi) is 5.08. The number of sulfonamides is 1. The molecule has 0 atom stereocenters. The van der Waals surface area contributed by atoms with Crippen molar-refractivity contribution in [2.45, 2.75) is 18.2 Å². The molecule has 0 N–H and O–H groups in total. The van der Waals surface area contributed by atoms with Gasteiger partial charge in [-0.25, -0.2) is 8.42 Å². The molecule has 26 heavy (non-hydrogen) atoms. The van der Waals surface area contributed by atoms with Crippen LogP contribution in [0.2, 0.25) is 5.02 Å². The number of halogens is 1. The van der Waals surface area contributed by atoms with E-state index < -0.39 is 20.6 Å². The lowest BCUT2D eigenvalue weighted by molar-refractivity contribution is -0.384. The van der Waals surface area contributed by atoms with Gasteiger partial charge in [0.1, 0.15) is 5.02 Å². The SMILES string of the molecule is Cc1cc(Cl)c([N+](=O)[O-])cc1S(=O)(=O)N1CC=C(c2cccnc2)CC1. The Balaban J connectivity index is 1.92. The van der Waals surface area contributed by atoms with Gasteiger partial charge < -0.3 is 0 Å². The van der Waals surface area contributed by atoms with Crippen LogP contribution in [-0.2, 0) is 10.0 Å². The minimum absolute atomic E-state index is 0.0798. The minimum Gasteiger partial charge on any atom is -0.264 e. The molecule has 0 saturated heterocycles. The molecule has 0 amide bonds. The van der Waals surface area contributed by atoms with Gasteiger partial charge in [-0.3, -0.25) is 15.1 Å². The van der Waals surface area contributed by atoms with Crippen LogP contribution in [0.3, 0.4) is 0 Å². The molecule has 1 aromatic carbocycles. The summed E-state index contributed by atoms with van der Waals surface area (Å²) < 4.78 is 27.2. The fourth-order valence-corrected chi connectivity index (χ4v) is 4.78. The lowest BCUT2D eigenvalue weighted by Gasteiger charge is -2.26. The molecule has 2 aromatic rings. The van der Waals surface area contributed by atoms with Gasteiger partial charge in [-0.15, -0.1) is 0 Å². The predicted molar refractivity (Wildman–Crippen MR) is 98.4 cm³/mol. The van der Waals surface area contributed by atoms with Gasteiger partial charge in [0.05, 0.1) is 9.82 Å². The van der Waals surface area contributed by atoms with Crippen LogP contribution in [0.1, 0.15) is 17.5 Å². The first-order valence-corrected chi connectivity index (χ1v) is 9.66. The third-order valence-corrected chi connectivity index (χ3v) is 6.57. The van der Waals surface area contributed by atoms with Gasteiger partial charge >= 0.3 is 0 Å². The van der Waals surface area contributed by atoms with E-state index >= 15 is 0 Å². The van der Waals surface area contributed by atoms with E-state index in [1.54, 1.807) is 19.3 Å². The molecule has 1 aromatic heterocycles. The van der Waals surface area contributed by atoms with E-state index in [0.717, 1.165) is 17.2 Å². The van der Waals surface area contributed by atoms with Crippen molar-refractivity contribution in [1.82, 2.24) is 9.29 Å². The Labute approximate surface area is 156 Å². The second-order valence-corrected chi connectivity index (χ2v) is 8.22. The van der Waals surface area contributed by atoms with Crippen LogP contribution in [-0.4, -0.2) is 35.7 Å². The zero-order valence-electron chi connectivity index (χ0n) is 13.9. The summed E-state index contributed by atoms with van der Waals surface area (Å²) in [7, 11) is -3.86. The highest BCUT2D eigenvalue weighted by molar-refractivity contribution is 7.89. The van der Waals surface area contributed by atoms with Crippen molar-refractivity contribution < 1.29 is 13.3 Å². The molecule has 0 radical (unpaired) electrons. The van der Waals surface area contributed by atoms with E-state index in [1.165, 1.54) is 10.4 Å². The molecular formula is C17H16ClN3O4S. The quantitative estimate of drug-likeness (QED) is 0.586. The average molecular weight is 394 g/mol. The minimum atomic E-state index is -3.86. The van der Waals surface area contributed by atoms with E-state index in [0.29, 0.717) is 18.5 Å². The van der Waals surface area contributed by atoms with Crippen LogP contribution in [0, 0.1) is 17.0 Å². The third kappa shape index (κ3) is 3.48. The number of aromatic nitrogens is 1. The molecule has 7 nitrogen and oxygen atoms in total. The van der Waals surface area contributed by atoms with E-state index in [9.17, 15) is 18.5 Å². The summed E-state index contributed by atoms with van der Waals surface area (Å²) in [5, 5.41) is 11.0. The van der Waals surface area contributed by atoms with E-state index in [2.05, 4.69) is 4.98 Å². The third-order valence-electron chi connectivity index (χ3n) is 4.26. The number of aryl methyl sites for hydroxylation is 1. The van der Waals surface area contributed by atoms with Gasteiger partial charge in [0.25, 0.3) is 5.69 Å². The number of hydrogen-bond donors (Lipinski definition) is 0. The van der Waals surface area contributed by atoms with Gasteiger partial charge in [0.2, 0.25) is 10.0 Å². The van der Waals surface area contributed by atoms with Crippen LogP contribution >= 0.6 is 11.6 Å². The largest absolute Gasteiger partial charge is 0.289 e. The summed E-state index contributed by atoms with van der Waals surface area (Å²) in [6.07, 6.45) is 5.81. The molecule has 0 fully saturated rings. The highest BCUT2D eigenvalue weighted by Crippen LogP contribution is 2.33. The normalized spacial score (nSPS) is 15.5. The average Bonchev–Trinajstić information content (AvgIpc) is 2.62. The number of pyridine rings is 1. The van der Waals surface area contributed by atoms with Crippen LogP contribution < -0.4 is 0 Å². The first kappa shape index (κ1) is 18.5. The van der Waals surface area contributed by atoms with Gasteiger partial charge in [0, 0.05) is 31.5 Å². The molecule has 3 rings (SSSR count). The molecular weight excluding hydrogens is 378 g/mol. The molecule has 136 valence electrons. The first-order chi connectivity index (χ1) is 12.3.